The molecule has 0 spiro atoms. The standard InChI is InChI=1S/C22H23O4P/c1-15-10-19(26-14-27(24)25)11-16(2)20(15)12-17-8-9-22(23)21(13-17)18-6-4-3-5-7-18/h3-11,13,23-25H,12,14H2,1-2H3. The first kappa shape index (κ1) is 19.4. The highest BCUT2D eigenvalue weighted by molar-refractivity contribution is 7.44. The zero-order chi connectivity index (χ0) is 19.4. The van der Waals surface area contributed by atoms with Crippen LogP contribution >= 0.6 is 8.38 Å². The molecular weight excluding hydrogens is 359 g/mol. The van der Waals surface area contributed by atoms with Crippen molar-refractivity contribution in [1.82, 2.24) is 0 Å². The zero-order valence-electron chi connectivity index (χ0n) is 15.4. The molecule has 27 heavy (non-hydrogen) atoms. The van der Waals surface area contributed by atoms with E-state index in [0.29, 0.717) is 5.75 Å². The van der Waals surface area contributed by atoms with Crippen LogP contribution in [0, 0.1) is 13.8 Å². The Morgan fingerprint density at radius 1 is 0.889 bits per heavy atom. The van der Waals surface area contributed by atoms with Crippen LogP contribution in [0.4, 0.5) is 0 Å². The van der Waals surface area contributed by atoms with Gasteiger partial charge in [-0.1, -0.05) is 36.4 Å². The molecule has 0 amide bonds. The van der Waals surface area contributed by atoms with Gasteiger partial charge >= 0.3 is 0 Å². The van der Waals surface area contributed by atoms with Crippen molar-refractivity contribution < 1.29 is 19.6 Å². The van der Waals surface area contributed by atoms with Crippen molar-refractivity contribution in [2.75, 3.05) is 6.35 Å². The molecule has 0 bridgehead atoms. The van der Waals surface area contributed by atoms with Gasteiger partial charge in [-0.3, -0.25) is 0 Å². The van der Waals surface area contributed by atoms with Crippen LogP contribution in [-0.2, 0) is 6.42 Å². The second-order valence-corrected chi connectivity index (χ2v) is 7.58. The molecule has 3 N–H and O–H groups in total. The lowest BCUT2D eigenvalue weighted by atomic mass is 9.93. The summed E-state index contributed by atoms with van der Waals surface area (Å²) in [7, 11) is -2.07. The molecule has 0 unspecified atom stereocenters. The second-order valence-electron chi connectivity index (χ2n) is 6.58. The van der Waals surface area contributed by atoms with Crippen LogP contribution in [0.25, 0.3) is 11.1 Å². The quantitative estimate of drug-likeness (QED) is 0.531. The first-order valence-electron chi connectivity index (χ1n) is 8.69. The number of ether oxygens (including phenoxy) is 1. The molecule has 0 saturated carbocycles. The Morgan fingerprint density at radius 3 is 2.19 bits per heavy atom. The summed E-state index contributed by atoms with van der Waals surface area (Å²) in [5.74, 6) is 0.909. The minimum Gasteiger partial charge on any atom is -0.507 e. The molecule has 0 fully saturated rings. The maximum atomic E-state index is 10.2. The molecule has 3 aromatic rings. The van der Waals surface area contributed by atoms with Crippen LogP contribution in [0.3, 0.4) is 0 Å². The van der Waals surface area contributed by atoms with Gasteiger partial charge < -0.3 is 19.6 Å². The molecule has 0 aromatic heterocycles. The Labute approximate surface area is 160 Å². The fourth-order valence-corrected chi connectivity index (χ4v) is 3.46. The minimum absolute atomic E-state index is 0.0913. The van der Waals surface area contributed by atoms with Crippen LogP contribution in [0.1, 0.15) is 22.3 Å². The number of benzene rings is 3. The Morgan fingerprint density at radius 2 is 1.56 bits per heavy atom. The summed E-state index contributed by atoms with van der Waals surface area (Å²) < 4.78 is 5.42. The summed E-state index contributed by atoms with van der Waals surface area (Å²) in [6.45, 7) is 4.04. The van der Waals surface area contributed by atoms with Crippen molar-refractivity contribution in [3.63, 3.8) is 0 Å². The average molecular weight is 382 g/mol. The third kappa shape index (κ3) is 4.86. The Balaban J connectivity index is 1.87. The Hall–Kier alpha value is -2.39. The predicted octanol–water partition coefficient (Wildman–Crippen LogP) is 4.90. The maximum Gasteiger partial charge on any atom is 0.205 e. The third-order valence-corrected chi connectivity index (χ3v) is 4.90. The number of phenols is 1. The molecule has 3 aromatic carbocycles. The molecule has 140 valence electrons. The fraction of sp³-hybridized carbons (Fsp3) is 0.182. The highest BCUT2D eigenvalue weighted by Gasteiger charge is 2.11. The molecule has 5 heteroatoms. The number of hydrogen-bond acceptors (Lipinski definition) is 4. The summed E-state index contributed by atoms with van der Waals surface area (Å²) in [4.78, 5) is 18.0. The van der Waals surface area contributed by atoms with Crippen LogP contribution in [0.2, 0.25) is 0 Å². The predicted molar refractivity (Wildman–Crippen MR) is 109 cm³/mol. The molecule has 0 radical (unpaired) electrons. The van der Waals surface area contributed by atoms with Gasteiger partial charge in [-0.05, 0) is 72.4 Å². The van der Waals surface area contributed by atoms with Gasteiger partial charge in [-0.15, -0.1) is 0 Å². The van der Waals surface area contributed by atoms with Crippen molar-refractivity contribution >= 4 is 8.38 Å². The van der Waals surface area contributed by atoms with E-state index in [9.17, 15) is 5.11 Å². The van der Waals surface area contributed by atoms with E-state index in [1.807, 2.05) is 68.4 Å². The summed E-state index contributed by atoms with van der Waals surface area (Å²) in [6, 6.07) is 19.4. The number of rotatable bonds is 6. The highest BCUT2D eigenvalue weighted by atomic mass is 31.2. The Kier molecular flexibility index (Phi) is 6.12. The van der Waals surface area contributed by atoms with Gasteiger partial charge in [0.2, 0.25) is 8.38 Å². The SMILES string of the molecule is Cc1cc(OCP(O)O)cc(C)c1Cc1ccc(O)c(-c2ccccc2)c1. The van der Waals surface area contributed by atoms with Crippen LogP contribution in [0.15, 0.2) is 60.7 Å². The van der Waals surface area contributed by atoms with Crippen LogP contribution in [0.5, 0.6) is 11.5 Å². The third-order valence-electron chi connectivity index (χ3n) is 4.54. The number of aromatic hydroxyl groups is 1. The van der Waals surface area contributed by atoms with E-state index >= 15 is 0 Å². The van der Waals surface area contributed by atoms with Crippen molar-refractivity contribution in [3.8, 4) is 22.6 Å². The molecule has 4 nitrogen and oxygen atoms in total. The van der Waals surface area contributed by atoms with E-state index in [1.165, 1.54) is 5.56 Å². The van der Waals surface area contributed by atoms with E-state index < -0.39 is 8.38 Å². The highest BCUT2D eigenvalue weighted by Crippen LogP contribution is 2.32. The largest absolute Gasteiger partial charge is 0.507 e. The molecule has 0 aliphatic rings. The maximum absolute atomic E-state index is 10.2. The van der Waals surface area contributed by atoms with Gasteiger partial charge in [-0.25, -0.2) is 0 Å². The van der Waals surface area contributed by atoms with Crippen LogP contribution < -0.4 is 4.74 Å². The minimum atomic E-state index is -2.07. The first-order chi connectivity index (χ1) is 12.9. The summed E-state index contributed by atoms with van der Waals surface area (Å²) in [5.41, 5.74) is 6.28. The van der Waals surface area contributed by atoms with E-state index in [2.05, 4.69) is 0 Å². The average Bonchev–Trinajstić information content (AvgIpc) is 2.65. The second kappa shape index (κ2) is 8.53. The van der Waals surface area contributed by atoms with Crippen molar-refractivity contribution in [3.05, 3.63) is 82.9 Å². The smallest absolute Gasteiger partial charge is 0.205 e. The van der Waals surface area contributed by atoms with Gasteiger partial charge in [0.15, 0.2) is 6.35 Å². The van der Waals surface area contributed by atoms with E-state index in [1.54, 1.807) is 6.07 Å². The molecule has 0 saturated heterocycles. The molecule has 0 aliphatic carbocycles. The van der Waals surface area contributed by atoms with Crippen molar-refractivity contribution in [2.45, 2.75) is 20.3 Å². The van der Waals surface area contributed by atoms with Gasteiger partial charge in [-0.2, -0.15) is 0 Å². The lowest BCUT2D eigenvalue weighted by molar-refractivity contribution is 0.347. The van der Waals surface area contributed by atoms with Gasteiger partial charge in [0.1, 0.15) is 11.5 Å². The van der Waals surface area contributed by atoms with Gasteiger partial charge in [0.05, 0.1) is 0 Å². The normalized spacial score (nSPS) is 11.0. The summed E-state index contributed by atoms with van der Waals surface area (Å²) in [6.07, 6.45) is 0.650. The summed E-state index contributed by atoms with van der Waals surface area (Å²) in [5, 5.41) is 10.2. The number of aryl methyl sites for hydroxylation is 2. The molecule has 0 aliphatic heterocycles. The van der Waals surface area contributed by atoms with Gasteiger partial charge in [0.25, 0.3) is 0 Å². The lowest BCUT2D eigenvalue weighted by Gasteiger charge is -2.15. The van der Waals surface area contributed by atoms with Gasteiger partial charge in [0, 0.05) is 5.56 Å². The van der Waals surface area contributed by atoms with E-state index in [-0.39, 0.29) is 12.1 Å². The lowest BCUT2D eigenvalue weighted by Crippen LogP contribution is -2.00. The van der Waals surface area contributed by atoms with Crippen LogP contribution in [-0.4, -0.2) is 21.2 Å². The van der Waals surface area contributed by atoms with E-state index in [4.69, 9.17) is 14.5 Å². The number of phenolic OH excluding ortho intramolecular Hbond substituents is 1. The topological polar surface area (TPSA) is 69.9 Å². The fourth-order valence-electron chi connectivity index (χ4n) is 3.19. The molecule has 0 atom stereocenters. The molecule has 3 rings (SSSR count). The monoisotopic (exact) mass is 382 g/mol. The molecular formula is C22H23O4P. The number of hydrogen-bond donors (Lipinski definition) is 3. The van der Waals surface area contributed by atoms with E-state index in [0.717, 1.165) is 34.2 Å². The van der Waals surface area contributed by atoms with Crippen molar-refractivity contribution in [2.24, 2.45) is 0 Å². The Bertz CT molecular complexity index is 900. The first-order valence-corrected chi connectivity index (χ1v) is 10.1. The zero-order valence-corrected chi connectivity index (χ0v) is 16.3. The van der Waals surface area contributed by atoms with Crippen molar-refractivity contribution in [1.29, 1.82) is 0 Å². The molecule has 0 heterocycles. The summed E-state index contributed by atoms with van der Waals surface area (Å²) >= 11 is 0.